The number of aromatic nitrogens is 1. The van der Waals surface area contributed by atoms with Crippen molar-refractivity contribution in [1.82, 2.24) is 4.98 Å². The topological polar surface area (TPSA) is 115 Å². The molecule has 0 aliphatic rings. The number of amides is 1. The Labute approximate surface area is 184 Å². The maximum atomic E-state index is 13.3. The first-order chi connectivity index (χ1) is 15.4. The normalized spacial score (nSPS) is 11.8. The number of aromatic hydroxyl groups is 1. The van der Waals surface area contributed by atoms with Gasteiger partial charge in [-0.3, -0.25) is 9.10 Å². The summed E-state index contributed by atoms with van der Waals surface area (Å²) < 4.78 is 27.6. The zero-order valence-corrected chi connectivity index (χ0v) is 18.0. The van der Waals surface area contributed by atoms with Crippen molar-refractivity contribution >= 4 is 38.2 Å². The molecule has 0 spiro atoms. The Hall–Kier alpha value is -3.98. The summed E-state index contributed by atoms with van der Waals surface area (Å²) in [5.41, 5.74) is 1.93. The molecule has 8 nitrogen and oxygen atoms in total. The number of H-pyrrole nitrogens is 1. The van der Waals surface area contributed by atoms with E-state index in [1.54, 1.807) is 60.7 Å². The van der Waals surface area contributed by atoms with E-state index in [2.05, 4.69) is 15.2 Å². The third-order valence-electron chi connectivity index (χ3n) is 4.82. The van der Waals surface area contributed by atoms with Gasteiger partial charge in [-0.1, -0.05) is 48.5 Å². The largest absolute Gasteiger partial charge is 0.493 e. The lowest BCUT2D eigenvalue weighted by Crippen LogP contribution is -2.35. The van der Waals surface area contributed by atoms with Gasteiger partial charge in [-0.25, -0.2) is 8.42 Å². The zero-order chi connectivity index (χ0) is 22.7. The Morgan fingerprint density at radius 2 is 1.72 bits per heavy atom. The highest BCUT2D eigenvalue weighted by atomic mass is 32.2. The summed E-state index contributed by atoms with van der Waals surface area (Å²) in [5.74, 6) is -1.01. The highest BCUT2D eigenvalue weighted by Gasteiger charge is 2.27. The molecule has 9 heteroatoms. The molecule has 0 aliphatic carbocycles. The molecule has 0 bridgehead atoms. The number of nitrogens with one attached hydrogen (secondary N) is 1. The Morgan fingerprint density at radius 3 is 2.47 bits per heavy atom. The summed E-state index contributed by atoms with van der Waals surface area (Å²) in [6.45, 7) is 1.28. The molecule has 0 saturated heterocycles. The summed E-state index contributed by atoms with van der Waals surface area (Å²) in [6, 6.07) is 21.7. The van der Waals surface area contributed by atoms with Crippen LogP contribution in [0.4, 0.5) is 11.4 Å². The molecule has 0 aliphatic heterocycles. The number of aryl methyl sites for hydroxylation is 1. The van der Waals surface area contributed by atoms with Gasteiger partial charge in [0, 0.05) is 5.39 Å². The van der Waals surface area contributed by atoms with Crippen LogP contribution in [0.25, 0.3) is 10.9 Å². The number of nitrogens with zero attached hydrogens (tertiary/aromatic N) is 3. The zero-order valence-electron chi connectivity index (χ0n) is 17.1. The standard InChI is InChI=1S/C23H20N4O4S/c1-16-8-7-9-17(14-16)27(32(30,31)18-10-3-2-4-11-18)15-21(28)25-26-22-19-12-5-6-13-20(19)24-23(22)29/h2-14,24,29H,15H2,1H3. The molecule has 0 saturated carbocycles. The Bertz CT molecular complexity index is 1410. The van der Waals surface area contributed by atoms with Crippen LogP contribution >= 0.6 is 0 Å². The fourth-order valence-electron chi connectivity index (χ4n) is 3.29. The second-order valence-electron chi connectivity index (χ2n) is 7.13. The van der Waals surface area contributed by atoms with E-state index in [9.17, 15) is 18.3 Å². The third-order valence-corrected chi connectivity index (χ3v) is 6.61. The van der Waals surface area contributed by atoms with Crippen molar-refractivity contribution in [3.05, 3.63) is 84.4 Å². The van der Waals surface area contributed by atoms with E-state index in [-0.39, 0.29) is 16.5 Å². The monoisotopic (exact) mass is 448 g/mol. The van der Waals surface area contributed by atoms with Gasteiger partial charge < -0.3 is 10.1 Å². The van der Waals surface area contributed by atoms with E-state index < -0.39 is 22.5 Å². The molecule has 162 valence electrons. The van der Waals surface area contributed by atoms with E-state index >= 15 is 0 Å². The molecule has 2 N–H and O–H groups in total. The van der Waals surface area contributed by atoms with E-state index in [0.717, 1.165) is 9.87 Å². The number of hydrogen-bond donors (Lipinski definition) is 2. The van der Waals surface area contributed by atoms with Gasteiger partial charge in [-0.15, -0.1) is 10.2 Å². The van der Waals surface area contributed by atoms with Gasteiger partial charge in [0.15, 0.2) is 5.69 Å². The van der Waals surface area contributed by atoms with Crippen LogP contribution in [0.15, 0.2) is 94.0 Å². The second kappa shape index (κ2) is 8.64. The molecular weight excluding hydrogens is 428 g/mol. The highest BCUT2D eigenvalue weighted by Crippen LogP contribution is 2.35. The minimum absolute atomic E-state index is 0.0560. The van der Waals surface area contributed by atoms with Gasteiger partial charge in [0.05, 0.1) is 16.1 Å². The van der Waals surface area contributed by atoms with Crippen LogP contribution in [-0.2, 0) is 14.8 Å². The van der Waals surface area contributed by atoms with Crippen LogP contribution in [0.5, 0.6) is 5.88 Å². The molecule has 4 rings (SSSR count). The van der Waals surface area contributed by atoms with Crippen LogP contribution in [0.2, 0.25) is 0 Å². The lowest BCUT2D eigenvalue weighted by Gasteiger charge is -2.23. The molecule has 32 heavy (non-hydrogen) atoms. The molecule has 1 heterocycles. The fourth-order valence-corrected chi connectivity index (χ4v) is 4.72. The quantitative estimate of drug-likeness (QED) is 0.416. The molecule has 0 fully saturated rings. The van der Waals surface area contributed by atoms with Crippen LogP contribution in [-0.4, -0.2) is 31.0 Å². The maximum Gasteiger partial charge on any atom is 0.285 e. The van der Waals surface area contributed by atoms with Gasteiger partial charge in [0.25, 0.3) is 15.9 Å². The predicted molar refractivity (Wildman–Crippen MR) is 122 cm³/mol. The Kier molecular flexibility index (Phi) is 5.74. The summed E-state index contributed by atoms with van der Waals surface area (Å²) in [5, 5.41) is 18.2. The number of hydrogen-bond acceptors (Lipinski definition) is 5. The fraction of sp³-hybridized carbons (Fsp3) is 0.0870. The molecule has 0 unspecified atom stereocenters. The SMILES string of the molecule is Cc1cccc(N(CC(=O)N=Nc2c(O)[nH]c3ccccc23)S(=O)(=O)c2ccccc2)c1. The molecule has 3 aromatic carbocycles. The van der Waals surface area contributed by atoms with E-state index in [4.69, 9.17) is 0 Å². The number of anilines is 1. The first kappa shape index (κ1) is 21.3. The van der Waals surface area contributed by atoms with Crippen molar-refractivity contribution in [2.24, 2.45) is 10.2 Å². The number of sulfonamides is 1. The van der Waals surface area contributed by atoms with Crippen molar-refractivity contribution in [1.29, 1.82) is 0 Å². The lowest BCUT2D eigenvalue weighted by atomic mass is 10.2. The van der Waals surface area contributed by atoms with Crippen LogP contribution in [0.1, 0.15) is 5.56 Å². The minimum atomic E-state index is -4.03. The Balaban J connectivity index is 1.67. The average Bonchev–Trinajstić information content (AvgIpc) is 3.11. The first-order valence-corrected chi connectivity index (χ1v) is 11.2. The number of fused-ring (bicyclic) bond motifs is 1. The van der Waals surface area contributed by atoms with Crippen LogP contribution in [0.3, 0.4) is 0 Å². The van der Waals surface area contributed by atoms with Gasteiger partial charge in [-0.05, 0) is 42.8 Å². The van der Waals surface area contributed by atoms with Crippen LogP contribution in [0, 0.1) is 6.92 Å². The smallest absolute Gasteiger partial charge is 0.285 e. The summed E-state index contributed by atoms with van der Waals surface area (Å²) in [6.07, 6.45) is 0. The molecule has 0 atom stereocenters. The van der Waals surface area contributed by atoms with Gasteiger partial charge in [0.1, 0.15) is 6.54 Å². The molecule has 1 aromatic heterocycles. The van der Waals surface area contributed by atoms with Crippen LogP contribution < -0.4 is 4.31 Å². The lowest BCUT2D eigenvalue weighted by molar-refractivity contribution is -0.116. The summed E-state index contributed by atoms with van der Waals surface area (Å²) in [4.78, 5) is 15.5. The van der Waals surface area contributed by atoms with Crippen molar-refractivity contribution in [3.8, 4) is 5.88 Å². The first-order valence-electron chi connectivity index (χ1n) is 9.75. The summed E-state index contributed by atoms with van der Waals surface area (Å²) in [7, 11) is -4.03. The van der Waals surface area contributed by atoms with Gasteiger partial charge in [-0.2, -0.15) is 0 Å². The molecular formula is C23H20N4O4S. The number of para-hydroxylation sites is 1. The van der Waals surface area contributed by atoms with E-state index in [1.807, 2.05) is 13.0 Å². The van der Waals surface area contributed by atoms with E-state index in [1.165, 1.54) is 12.1 Å². The van der Waals surface area contributed by atoms with Crippen molar-refractivity contribution < 1.29 is 18.3 Å². The van der Waals surface area contributed by atoms with Gasteiger partial charge >= 0.3 is 0 Å². The number of rotatable bonds is 6. The molecule has 4 aromatic rings. The predicted octanol–water partition coefficient (Wildman–Crippen LogP) is 4.69. The van der Waals surface area contributed by atoms with E-state index in [0.29, 0.717) is 16.6 Å². The minimum Gasteiger partial charge on any atom is -0.493 e. The average molecular weight is 449 g/mol. The van der Waals surface area contributed by atoms with Crippen molar-refractivity contribution in [3.63, 3.8) is 0 Å². The second-order valence-corrected chi connectivity index (χ2v) is 8.99. The highest BCUT2D eigenvalue weighted by molar-refractivity contribution is 7.92. The van der Waals surface area contributed by atoms with Crippen molar-refractivity contribution in [2.75, 3.05) is 10.8 Å². The summed E-state index contributed by atoms with van der Waals surface area (Å²) >= 11 is 0. The number of carbonyl (C=O) groups is 1. The third kappa shape index (κ3) is 4.23. The molecule has 0 radical (unpaired) electrons. The molecule has 1 amide bonds. The number of azo groups is 1. The number of aromatic amines is 1. The van der Waals surface area contributed by atoms with Crippen molar-refractivity contribution in [2.45, 2.75) is 11.8 Å². The van der Waals surface area contributed by atoms with Gasteiger partial charge in [0.2, 0.25) is 5.88 Å². The number of benzene rings is 3. The Morgan fingerprint density at radius 1 is 1.00 bits per heavy atom. The maximum absolute atomic E-state index is 13.3. The number of carbonyl (C=O) groups excluding carboxylic acids is 1.